The molecule has 0 saturated carbocycles. The van der Waals surface area contributed by atoms with Crippen LogP contribution in [0.2, 0.25) is 0 Å². The van der Waals surface area contributed by atoms with E-state index in [2.05, 4.69) is 4.52 Å². The third-order valence-electron chi connectivity index (χ3n) is 2.00. The molecule has 0 amide bonds. The fourth-order valence-electron chi connectivity index (χ4n) is 1.24. The van der Waals surface area contributed by atoms with Gasteiger partial charge in [-0.25, -0.2) is 0 Å². The van der Waals surface area contributed by atoms with Crippen molar-refractivity contribution in [3.8, 4) is 0 Å². The predicted octanol–water partition coefficient (Wildman–Crippen LogP) is -2.66. The number of rotatable bonds is 3. The van der Waals surface area contributed by atoms with E-state index < -0.39 is 38.8 Å². The van der Waals surface area contributed by atoms with Gasteiger partial charge in [-0.2, -0.15) is 0 Å². The Balaban J connectivity index is 2.44. The van der Waals surface area contributed by atoms with Crippen LogP contribution in [-0.4, -0.2) is 41.2 Å². The van der Waals surface area contributed by atoms with Crippen LogP contribution >= 0.6 is 7.82 Å². The summed E-state index contributed by atoms with van der Waals surface area (Å²) < 4.78 is 19.0. The normalized spacial score (nSPS) is 38.9. The molecule has 1 saturated heterocycles. The highest BCUT2D eigenvalue weighted by Crippen LogP contribution is 2.28. The zero-order valence-corrected chi connectivity index (χ0v) is 8.29. The fraction of sp³-hybridized carbons (Fsp3) is 1.00. The Morgan fingerprint density at radius 3 is 2.36 bits per heavy atom. The Bertz CT molecular complexity index is 238. The summed E-state index contributed by atoms with van der Waals surface area (Å²) in [6.07, 6.45) is -3.94. The van der Waals surface area contributed by atoms with Crippen LogP contribution in [0.5, 0.6) is 0 Å². The SMILES string of the molecule is C[C@@H]1O[C@H](COP(=O)([O-])[O-])C(O)C1O. The quantitative estimate of drug-likeness (QED) is 0.503. The van der Waals surface area contributed by atoms with Crippen molar-refractivity contribution in [2.45, 2.75) is 31.3 Å². The maximum atomic E-state index is 10.1. The molecule has 0 aromatic heterocycles. The van der Waals surface area contributed by atoms with E-state index in [-0.39, 0.29) is 0 Å². The topological polar surface area (TPSA) is 122 Å². The first-order valence-electron chi connectivity index (χ1n) is 3.99. The molecule has 1 aliphatic rings. The molecule has 1 heterocycles. The summed E-state index contributed by atoms with van der Waals surface area (Å²) in [6, 6.07) is 0. The van der Waals surface area contributed by atoms with Crippen LogP contribution in [0.15, 0.2) is 0 Å². The molecule has 14 heavy (non-hydrogen) atoms. The molecule has 0 aromatic rings. The lowest BCUT2D eigenvalue weighted by molar-refractivity contribution is -0.343. The second kappa shape index (κ2) is 4.24. The second-order valence-corrected chi connectivity index (χ2v) is 4.26. The Kier molecular flexibility index (Phi) is 3.65. The van der Waals surface area contributed by atoms with Gasteiger partial charge in [-0.15, -0.1) is 0 Å². The number of hydrogen-bond donors (Lipinski definition) is 2. The second-order valence-electron chi connectivity index (χ2n) is 3.10. The lowest BCUT2D eigenvalue weighted by Crippen LogP contribution is -2.34. The van der Waals surface area contributed by atoms with E-state index in [4.69, 9.17) is 4.74 Å². The highest BCUT2D eigenvalue weighted by molar-refractivity contribution is 7.43. The van der Waals surface area contributed by atoms with Gasteiger partial charge in [0.15, 0.2) is 0 Å². The standard InChI is InChI=1S/C6H13O7P/c1-3-5(7)6(8)4(13-3)2-12-14(9,10)11/h3-8H,2H2,1H3,(H2,9,10,11)/p-2/t3-,4+,5?,6?/m0/s1. The first-order valence-corrected chi connectivity index (χ1v) is 5.45. The molecule has 2 N–H and O–H groups in total. The Morgan fingerprint density at radius 2 is 2.00 bits per heavy atom. The first kappa shape index (κ1) is 12.1. The summed E-state index contributed by atoms with van der Waals surface area (Å²) in [6.45, 7) is 0.939. The van der Waals surface area contributed by atoms with Crippen LogP contribution in [0.3, 0.4) is 0 Å². The molecule has 4 atom stereocenters. The van der Waals surface area contributed by atoms with E-state index in [1.54, 1.807) is 0 Å². The Morgan fingerprint density at radius 1 is 1.43 bits per heavy atom. The van der Waals surface area contributed by atoms with E-state index >= 15 is 0 Å². The molecule has 2 unspecified atom stereocenters. The summed E-state index contributed by atoms with van der Waals surface area (Å²) in [5.74, 6) is 0. The summed E-state index contributed by atoms with van der Waals surface area (Å²) in [4.78, 5) is 20.2. The molecule has 8 heteroatoms. The molecule has 1 rings (SSSR count). The van der Waals surface area contributed by atoms with Crippen molar-refractivity contribution < 1.29 is 33.8 Å². The van der Waals surface area contributed by atoms with Crippen molar-refractivity contribution in [1.29, 1.82) is 0 Å². The molecule has 0 aromatic carbocycles. The zero-order chi connectivity index (χ0) is 10.9. The molecule has 1 fully saturated rings. The van der Waals surface area contributed by atoms with Crippen molar-refractivity contribution >= 4 is 7.82 Å². The smallest absolute Gasteiger partial charge is 0.111 e. The minimum absolute atomic E-state index is 0.577. The maximum Gasteiger partial charge on any atom is 0.111 e. The van der Waals surface area contributed by atoms with Gasteiger partial charge < -0.3 is 33.8 Å². The maximum absolute atomic E-state index is 10.1. The molecule has 7 nitrogen and oxygen atoms in total. The van der Waals surface area contributed by atoms with Gasteiger partial charge in [-0.05, 0) is 6.92 Å². The minimum atomic E-state index is -5.06. The lowest BCUT2D eigenvalue weighted by Gasteiger charge is -2.30. The van der Waals surface area contributed by atoms with Crippen LogP contribution in [0, 0.1) is 0 Å². The van der Waals surface area contributed by atoms with Crippen LogP contribution in [0.25, 0.3) is 0 Å². The molecule has 0 bridgehead atoms. The van der Waals surface area contributed by atoms with Gasteiger partial charge in [-0.3, -0.25) is 0 Å². The van der Waals surface area contributed by atoms with Crippen LogP contribution < -0.4 is 9.79 Å². The average Bonchev–Trinajstić information content (AvgIpc) is 2.28. The molecular weight excluding hydrogens is 215 g/mol. The van der Waals surface area contributed by atoms with Gasteiger partial charge in [-0.1, -0.05) is 0 Å². The van der Waals surface area contributed by atoms with Crippen LogP contribution in [0.4, 0.5) is 0 Å². The molecule has 0 radical (unpaired) electrons. The van der Waals surface area contributed by atoms with Gasteiger partial charge in [0.25, 0.3) is 0 Å². The summed E-state index contributed by atoms with van der Waals surface area (Å²) in [7, 11) is -5.06. The van der Waals surface area contributed by atoms with Crippen LogP contribution in [-0.2, 0) is 13.8 Å². The number of ether oxygens (including phenoxy) is 1. The Hall–Kier alpha value is -0.0100. The molecule has 1 aliphatic heterocycles. The highest BCUT2D eigenvalue weighted by atomic mass is 31.2. The van der Waals surface area contributed by atoms with Crippen LogP contribution in [0.1, 0.15) is 6.92 Å². The largest absolute Gasteiger partial charge is 0.790 e. The number of phosphoric ester groups is 1. The first-order chi connectivity index (χ1) is 6.31. The summed E-state index contributed by atoms with van der Waals surface area (Å²) in [5.41, 5.74) is 0. The molecule has 0 aliphatic carbocycles. The van der Waals surface area contributed by atoms with Gasteiger partial charge in [0, 0.05) is 0 Å². The number of hydrogen-bond acceptors (Lipinski definition) is 7. The molecule has 0 spiro atoms. The van der Waals surface area contributed by atoms with E-state index in [0.717, 1.165) is 0 Å². The number of phosphoric acid groups is 1. The van der Waals surface area contributed by atoms with E-state index in [0.29, 0.717) is 0 Å². The van der Waals surface area contributed by atoms with Crippen molar-refractivity contribution in [1.82, 2.24) is 0 Å². The monoisotopic (exact) mass is 226 g/mol. The molecular formula is C6H11O7P-2. The average molecular weight is 226 g/mol. The van der Waals surface area contributed by atoms with Gasteiger partial charge >= 0.3 is 0 Å². The van der Waals surface area contributed by atoms with Gasteiger partial charge in [0.1, 0.15) is 18.3 Å². The van der Waals surface area contributed by atoms with Crippen molar-refractivity contribution in [2.24, 2.45) is 0 Å². The summed E-state index contributed by atoms with van der Waals surface area (Å²) in [5, 5.41) is 18.5. The third kappa shape index (κ3) is 2.99. The molecule has 84 valence electrons. The lowest BCUT2D eigenvalue weighted by atomic mass is 10.1. The van der Waals surface area contributed by atoms with Crippen molar-refractivity contribution in [3.05, 3.63) is 0 Å². The highest BCUT2D eigenvalue weighted by Gasteiger charge is 2.40. The number of aliphatic hydroxyl groups is 2. The van der Waals surface area contributed by atoms with Crippen molar-refractivity contribution in [2.75, 3.05) is 6.61 Å². The van der Waals surface area contributed by atoms with Gasteiger partial charge in [0.05, 0.1) is 20.5 Å². The van der Waals surface area contributed by atoms with Crippen molar-refractivity contribution in [3.63, 3.8) is 0 Å². The Labute approximate surface area is 80.5 Å². The fourth-order valence-corrected chi connectivity index (χ4v) is 1.57. The van der Waals surface area contributed by atoms with E-state index in [1.807, 2.05) is 0 Å². The third-order valence-corrected chi connectivity index (χ3v) is 2.46. The van der Waals surface area contributed by atoms with E-state index in [1.165, 1.54) is 6.92 Å². The zero-order valence-electron chi connectivity index (χ0n) is 7.40. The van der Waals surface area contributed by atoms with Gasteiger partial charge in [0.2, 0.25) is 0 Å². The summed E-state index contributed by atoms with van der Waals surface area (Å²) >= 11 is 0. The number of aliphatic hydroxyl groups excluding tert-OH is 2. The van der Waals surface area contributed by atoms with E-state index in [9.17, 15) is 24.6 Å². The predicted molar refractivity (Wildman–Crippen MR) is 39.9 cm³/mol. The minimum Gasteiger partial charge on any atom is -0.790 e.